The molecule has 0 aliphatic rings. The lowest BCUT2D eigenvalue weighted by Gasteiger charge is -2.09. The monoisotopic (exact) mass is 279 g/mol. The standard InChI is InChI=1S/C17H17N3O/c1-2-21-16-9-8-15(12-20-16)19-11-14-6-3-5-13-7-4-10-18-17(13)14/h3-10,12,19H,2,11H2,1H3. The number of nitrogens with one attached hydrogen (secondary N) is 1. The molecule has 0 unspecified atom stereocenters. The van der Waals surface area contributed by atoms with E-state index in [1.54, 1.807) is 6.20 Å². The molecule has 3 aromatic rings. The molecule has 3 rings (SSSR count). The van der Waals surface area contributed by atoms with Crippen molar-refractivity contribution >= 4 is 16.6 Å². The average molecular weight is 279 g/mol. The Morgan fingerprint density at radius 3 is 2.76 bits per heavy atom. The number of benzene rings is 1. The Labute approximate surface area is 123 Å². The van der Waals surface area contributed by atoms with Crippen LogP contribution >= 0.6 is 0 Å². The molecule has 0 amide bonds. The van der Waals surface area contributed by atoms with Gasteiger partial charge in [0.2, 0.25) is 5.88 Å². The molecule has 2 aromatic heterocycles. The second-order valence-corrected chi connectivity index (χ2v) is 4.66. The highest BCUT2D eigenvalue weighted by atomic mass is 16.5. The minimum atomic E-state index is 0.626. The van der Waals surface area contributed by atoms with Crippen LogP contribution < -0.4 is 10.1 Å². The molecule has 0 saturated heterocycles. The van der Waals surface area contributed by atoms with Crippen LogP contribution in [0.15, 0.2) is 54.9 Å². The molecule has 4 heteroatoms. The lowest BCUT2D eigenvalue weighted by molar-refractivity contribution is 0.327. The van der Waals surface area contributed by atoms with Crippen LogP contribution in [-0.2, 0) is 6.54 Å². The summed E-state index contributed by atoms with van der Waals surface area (Å²) in [6.07, 6.45) is 3.60. The third kappa shape index (κ3) is 3.11. The SMILES string of the molecule is CCOc1ccc(NCc2cccc3cccnc23)cn1. The van der Waals surface area contributed by atoms with Gasteiger partial charge in [-0.2, -0.15) is 0 Å². The predicted molar refractivity (Wildman–Crippen MR) is 84.5 cm³/mol. The van der Waals surface area contributed by atoms with Crippen LogP contribution in [0.4, 0.5) is 5.69 Å². The second-order valence-electron chi connectivity index (χ2n) is 4.66. The second kappa shape index (κ2) is 6.22. The van der Waals surface area contributed by atoms with Crippen molar-refractivity contribution in [3.05, 3.63) is 60.4 Å². The number of fused-ring (bicyclic) bond motifs is 1. The number of para-hydroxylation sites is 1. The van der Waals surface area contributed by atoms with E-state index < -0.39 is 0 Å². The summed E-state index contributed by atoms with van der Waals surface area (Å²) in [5.41, 5.74) is 3.17. The zero-order chi connectivity index (χ0) is 14.5. The Balaban J connectivity index is 1.74. The van der Waals surface area contributed by atoms with Gasteiger partial charge in [-0.1, -0.05) is 24.3 Å². The van der Waals surface area contributed by atoms with Crippen molar-refractivity contribution in [1.29, 1.82) is 0 Å². The molecule has 1 aromatic carbocycles. The van der Waals surface area contributed by atoms with Crippen LogP contribution in [0.2, 0.25) is 0 Å². The van der Waals surface area contributed by atoms with Crippen LogP contribution in [0.3, 0.4) is 0 Å². The summed E-state index contributed by atoms with van der Waals surface area (Å²) in [5.74, 6) is 0.648. The summed E-state index contributed by atoms with van der Waals surface area (Å²) in [7, 11) is 0. The zero-order valence-electron chi connectivity index (χ0n) is 11.9. The molecular weight excluding hydrogens is 262 g/mol. The van der Waals surface area contributed by atoms with Gasteiger partial charge in [0.25, 0.3) is 0 Å². The summed E-state index contributed by atoms with van der Waals surface area (Å²) in [6, 6.07) is 14.1. The van der Waals surface area contributed by atoms with Crippen molar-refractivity contribution in [3.8, 4) is 5.88 Å². The number of hydrogen-bond acceptors (Lipinski definition) is 4. The van der Waals surface area contributed by atoms with E-state index in [4.69, 9.17) is 4.74 Å². The minimum Gasteiger partial charge on any atom is -0.478 e. The predicted octanol–water partition coefficient (Wildman–Crippen LogP) is 3.64. The fourth-order valence-corrected chi connectivity index (χ4v) is 2.23. The van der Waals surface area contributed by atoms with Gasteiger partial charge in [0.15, 0.2) is 0 Å². The van der Waals surface area contributed by atoms with Gasteiger partial charge in [0, 0.05) is 24.2 Å². The molecule has 0 bridgehead atoms. The van der Waals surface area contributed by atoms with E-state index in [-0.39, 0.29) is 0 Å². The van der Waals surface area contributed by atoms with Crippen LogP contribution in [0.5, 0.6) is 5.88 Å². The summed E-state index contributed by atoms with van der Waals surface area (Å²) in [5, 5.41) is 4.52. The van der Waals surface area contributed by atoms with E-state index >= 15 is 0 Å². The van der Waals surface area contributed by atoms with E-state index in [0.29, 0.717) is 19.0 Å². The molecule has 0 atom stereocenters. The average Bonchev–Trinajstić information content (AvgIpc) is 2.54. The summed E-state index contributed by atoms with van der Waals surface area (Å²) >= 11 is 0. The Morgan fingerprint density at radius 2 is 1.95 bits per heavy atom. The maximum Gasteiger partial charge on any atom is 0.213 e. The first-order valence-electron chi connectivity index (χ1n) is 7.02. The number of anilines is 1. The van der Waals surface area contributed by atoms with Crippen LogP contribution in [0.1, 0.15) is 12.5 Å². The zero-order valence-corrected chi connectivity index (χ0v) is 11.9. The fourth-order valence-electron chi connectivity index (χ4n) is 2.23. The lowest BCUT2D eigenvalue weighted by atomic mass is 10.1. The molecule has 0 radical (unpaired) electrons. The maximum absolute atomic E-state index is 5.33. The number of hydrogen-bond donors (Lipinski definition) is 1. The molecule has 21 heavy (non-hydrogen) atoms. The normalized spacial score (nSPS) is 10.5. The summed E-state index contributed by atoms with van der Waals surface area (Å²) < 4.78 is 5.33. The highest BCUT2D eigenvalue weighted by Crippen LogP contribution is 2.18. The quantitative estimate of drug-likeness (QED) is 0.774. The maximum atomic E-state index is 5.33. The van der Waals surface area contributed by atoms with Crippen molar-refractivity contribution < 1.29 is 4.74 Å². The van der Waals surface area contributed by atoms with Gasteiger partial charge in [0.1, 0.15) is 0 Å². The van der Waals surface area contributed by atoms with Crippen molar-refractivity contribution in [1.82, 2.24) is 9.97 Å². The van der Waals surface area contributed by atoms with Crippen LogP contribution in [-0.4, -0.2) is 16.6 Å². The number of ether oxygens (including phenoxy) is 1. The molecule has 1 N–H and O–H groups in total. The number of nitrogens with zero attached hydrogens (tertiary/aromatic N) is 2. The van der Waals surface area contributed by atoms with E-state index in [1.165, 1.54) is 5.56 Å². The molecule has 106 valence electrons. The first-order valence-corrected chi connectivity index (χ1v) is 7.02. The van der Waals surface area contributed by atoms with E-state index in [9.17, 15) is 0 Å². The molecule has 4 nitrogen and oxygen atoms in total. The van der Waals surface area contributed by atoms with Gasteiger partial charge in [0.05, 0.1) is 24.0 Å². The summed E-state index contributed by atoms with van der Waals surface area (Å²) in [6.45, 7) is 3.28. The Morgan fingerprint density at radius 1 is 1.05 bits per heavy atom. The molecule has 0 fully saturated rings. The van der Waals surface area contributed by atoms with Crippen LogP contribution in [0.25, 0.3) is 10.9 Å². The van der Waals surface area contributed by atoms with Crippen molar-refractivity contribution in [2.75, 3.05) is 11.9 Å². The molecule has 2 heterocycles. The molecule has 0 aliphatic heterocycles. The number of aromatic nitrogens is 2. The Hall–Kier alpha value is -2.62. The van der Waals surface area contributed by atoms with Gasteiger partial charge in [-0.05, 0) is 24.6 Å². The number of pyridine rings is 2. The highest BCUT2D eigenvalue weighted by molar-refractivity contribution is 5.81. The first kappa shape index (κ1) is 13.4. The largest absolute Gasteiger partial charge is 0.478 e. The van der Waals surface area contributed by atoms with Gasteiger partial charge in [-0.3, -0.25) is 4.98 Å². The summed E-state index contributed by atoms with van der Waals surface area (Å²) in [4.78, 5) is 8.70. The highest BCUT2D eigenvalue weighted by Gasteiger charge is 2.02. The van der Waals surface area contributed by atoms with Crippen molar-refractivity contribution in [2.24, 2.45) is 0 Å². The van der Waals surface area contributed by atoms with E-state index in [0.717, 1.165) is 16.6 Å². The third-order valence-electron chi connectivity index (χ3n) is 3.23. The fraction of sp³-hybridized carbons (Fsp3) is 0.176. The van der Waals surface area contributed by atoms with E-state index in [1.807, 2.05) is 31.3 Å². The Bertz CT molecular complexity index is 720. The van der Waals surface area contributed by atoms with E-state index in [2.05, 4.69) is 39.6 Å². The molecule has 0 saturated carbocycles. The van der Waals surface area contributed by atoms with Gasteiger partial charge < -0.3 is 10.1 Å². The third-order valence-corrected chi connectivity index (χ3v) is 3.23. The molecule has 0 aliphatic carbocycles. The van der Waals surface area contributed by atoms with Crippen molar-refractivity contribution in [2.45, 2.75) is 13.5 Å². The van der Waals surface area contributed by atoms with Gasteiger partial charge in [-0.15, -0.1) is 0 Å². The molecular formula is C17H17N3O. The van der Waals surface area contributed by atoms with Crippen LogP contribution in [0, 0.1) is 0 Å². The lowest BCUT2D eigenvalue weighted by Crippen LogP contribution is -2.02. The van der Waals surface area contributed by atoms with Gasteiger partial charge in [-0.25, -0.2) is 4.98 Å². The first-order chi connectivity index (χ1) is 10.4. The smallest absolute Gasteiger partial charge is 0.213 e. The Kier molecular flexibility index (Phi) is 3.96. The number of rotatable bonds is 5. The topological polar surface area (TPSA) is 47.0 Å². The van der Waals surface area contributed by atoms with Crippen molar-refractivity contribution in [3.63, 3.8) is 0 Å². The van der Waals surface area contributed by atoms with Gasteiger partial charge >= 0.3 is 0 Å². The minimum absolute atomic E-state index is 0.626. The molecule has 0 spiro atoms.